The highest BCUT2D eigenvalue weighted by Crippen LogP contribution is 2.07. The minimum Gasteiger partial charge on any atom is -0.327 e. The van der Waals surface area contributed by atoms with Gasteiger partial charge in [0.25, 0.3) is 0 Å². The van der Waals surface area contributed by atoms with Gasteiger partial charge in [0.1, 0.15) is 0 Å². The molecule has 1 aliphatic heterocycles. The first-order chi connectivity index (χ1) is 6.61. The fourth-order valence-electron chi connectivity index (χ4n) is 1.91. The second kappa shape index (κ2) is 5.69. The monoisotopic (exact) mass is 199 g/mol. The van der Waals surface area contributed by atoms with E-state index >= 15 is 0 Å². The normalized spacial score (nSPS) is 22.9. The lowest BCUT2D eigenvalue weighted by Gasteiger charge is -2.29. The van der Waals surface area contributed by atoms with Crippen LogP contribution in [0, 0.1) is 0 Å². The highest BCUT2D eigenvalue weighted by atomic mass is 15.2. The third kappa shape index (κ3) is 3.56. The SMILES string of the molecule is CC(N)C(C)N(C)CCN1CCCC1. The number of nitrogens with two attached hydrogens (primary N) is 1. The average molecular weight is 199 g/mol. The van der Waals surface area contributed by atoms with Gasteiger partial charge in [-0.25, -0.2) is 0 Å². The molecule has 1 aliphatic rings. The van der Waals surface area contributed by atoms with Crippen LogP contribution in [-0.4, -0.2) is 55.1 Å². The number of hydrogen-bond acceptors (Lipinski definition) is 3. The summed E-state index contributed by atoms with van der Waals surface area (Å²) in [6.45, 7) is 9.21. The maximum Gasteiger partial charge on any atom is 0.0213 e. The van der Waals surface area contributed by atoms with Gasteiger partial charge in [0, 0.05) is 25.2 Å². The molecule has 0 aromatic rings. The molecule has 3 heteroatoms. The topological polar surface area (TPSA) is 32.5 Å². The molecule has 1 rings (SSSR count). The lowest BCUT2D eigenvalue weighted by Crippen LogP contribution is -2.44. The second-order valence-electron chi connectivity index (χ2n) is 4.63. The molecule has 0 aromatic heterocycles. The zero-order valence-electron chi connectivity index (χ0n) is 9.87. The van der Waals surface area contributed by atoms with Gasteiger partial charge in [0.15, 0.2) is 0 Å². The van der Waals surface area contributed by atoms with Crippen LogP contribution in [0.4, 0.5) is 0 Å². The Morgan fingerprint density at radius 2 is 1.86 bits per heavy atom. The summed E-state index contributed by atoms with van der Waals surface area (Å²) in [5, 5.41) is 0. The van der Waals surface area contributed by atoms with E-state index in [0.717, 1.165) is 6.54 Å². The van der Waals surface area contributed by atoms with E-state index in [1.807, 2.05) is 0 Å². The Morgan fingerprint density at radius 1 is 1.29 bits per heavy atom. The Kier molecular flexibility index (Phi) is 4.85. The van der Waals surface area contributed by atoms with E-state index < -0.39 is 0 Å². The minimum absolute atomic E-state index is 0.263. The van der Waals surface area contributed by atoms with Crippen molar-refractivity contribution >= 4 is 0 Å². The zero-order valence-corrected chi connectivity index (χ0v) is 9.87. The Balaban J connectivity index is 2.16. The smallest absolute Gasteiger partial charge is 0.0213 e. The van der Waals surface area contributed by atoms with E-state index in [1.165, 1.54) is 32.5 Å². The van der Waals surface area contributed by atoms with Crippen LogP contribution in [0.5, 0.6) is 0 Å². The van der Waals surface area contributed by atoms with Crippen molar-refractivity contribution in [3.8, 4) is 0 Å². The molecule has 2 unspecified atom stereocenters. The Morgan fingerprint density at radius 3 is 2.36 bits per heavy atom. The lowest BCUT2D eigenvalue weighted by molar-refractivity contribution is 0.199. The average Bonchev–Trinajstić information content (AvgIpc) is 2.65. The van der Waals surface area contributed by atoms with Crippen molar-refractivity contribution in [3.63, 3.8) is 0 Å². The fourth-order valence-corrected chi connectivity index (χ4v) is 1.91. The zero-order chi connectivity index (χ0) is 10.6. The van der Waals surface area contributed by atoms with Gasteiger partial charge >= 0.3 is 0 Å². The van der Waals surface area contributed by atoms with Crippen molar-refractivity contribution < 1.29 is 0 Å². The third-order valence-corrected chi connectivity index (χ3v) is 3.42. The van der Waals surface area contributed by atoms with Crippen LogP contribution in [0.3, 0.4) is 0 Å². The van der Waals surface area contributed by atoms with Gasteiger partial charge < -0.3 is 15.5 Å². The molecule has 2 N–H and O–H groups in total. The summed E-state index contributed by atoms with van der Waals surface area (Å²) in [6.07, 6.45) is 2.76. The van der Waals surface area contributed by atoms with Crippen molar-refractivity contribution in [1.82, 2.24) is 9.80 Å². The molecular weight excluding hydrogens is 174 g/mol. The van der Waals surface area contributed by atoms with Gasteiger partial charge in [-0.3, -0.25) is 0 Å². The van der Waals surface area contributed by atoms with Crippen LogP contribution < -0.4 is 5.73 Å². The molecule has 1 fully saturated rings. The minimum atomic E-state index is 0.263. The number of rotatable bonds is 5. The van der Waals surface area contributed by atoms with Gasteiger partial charge in [0.05, 0.1) is 0 Å². The molecule has 14 heavy (non-hydrogen) atoms. The predicted octanol–water partition coefficient (Wildman–Crippen LogP) is 0.750. The van der Waals surface area contributed by atoms with Crippen LogP contribution >= 0.6 is 0 Å². The van der Waals surface area contributed by atoms with Gasteiger partial charge in [-0.05, 0) is 46.8 Å². The summed E-state index contributed by atoms with van der Waals surface area (Å²) in [5.41, 5.74) is 5.87. The van der Waals surface area contributed by atoms with Gasteiger partial charge in [-0.15, -0.1) is 0 Å². The van der Waals surface area contributed by atoms with E-state index in [2.05, 4.69) is 30.7 Å². The highest BCUT2D eigenvalue weighted by molar-refractivity contribution is 4.74. The first-order valence-corrected chi connectivity index (χ1v) is 5.79. The molecule has 1 heterocycles. The van der Waals surface area contributed by atoms with Crippen LogP contribution in [0.2, 0.25) is 0 Å². The van der Waals surface area contributed by atoms with Gasteiger partial charge in [-0.2, -0.15) is 0 Å². The van der Waals surface area contributed by atoms with E-state index in [0.29, 0.717) is 6.04 Å². The number of likely N-dealkylation sites (N-methyl/N-ethyl adjacent to an activating group) is 1. The van der Waals surface area contributed by atoms with E-state index in [9.17, 15) is 0 Å². The molecule has 0 saturated carbocycles. The first kappa shape index (κ1) is 12.0. The maximum absolute atomic E-state index is 5.87. The fraction of sp³-hybridized carbons (Fsp3) is 1.00. The molecule has 0 radical (unpaired) electrons. The molecule has 0 aliphatic carbocycles. The lowest BCUT2D eigenvalue weighted by atomic mass is 10.1. The standard InChI is InChI=1S/C11H25N3/c1-10(12)11(2)13(3)8-9-14-6-4-5-7-14/h10-11H,4-9,12H2,1-3H3. The summed E-state index contributed by atoms with van der Waals surface area (Å²) in [5.74, 6) is 0. The Labute approximate surface area is 88.2 Å². The van der Waals surface area contributed by atoms with Crippen molar-refractivity contribution in [2.45, 2.75) is 38.8 Å². The highest BCUT2D eigenvalue weighted by Gasteiger charge is 2.16. The van der Waals surface area contributed by atoms with Gasteiger partial charge in [-0.1, -0.05) is 0 Å². The van der Waals surface area contributed by atoms with Crippen LogP contribution in [0.1, 0.15) is 26.7 Å². The van der Waals surface area contributed by atoms with E-state index in [4.69, 9.17) is 5.73 Å². The summed E-state index contributed by atoms with van der Waals surface area (Å²) in [6, 6.07) is 0.746. The number of hydrogen-bond donors (Lipinski definition) is 1. The molecule has 0 spiro atoms. The quantitative estimate of drug-likeness (QED) is 0.709. The molecule has 0 bridgehead atoms. The molecule has 0 aromatic carbocycles. The summed E-state index contributed by atoms with van der Waals surface area (Å²) in [7, 11) is 2.17. The molecule has 84 valence electrons. The molecule has 2 atom stereocenters. The van der Waals surface area contributed by atoms with Crippen LogP contribution in [-0.2, 0) is 0 Å². The third-order valence-electron chi connectivity index (χ3n) is 3.42. The number of nitrogens with zero attached hydrogens (tertiary/aromatic N) is 2. The summed E-state index contributed by atoms with van der Waals surface area (Å²) >= 11 is 0. The van der Waals surface area contributed by atoms with E-state index in [-0.39, 0.29) is 6.04 Å². The van der Waals surface area contributed by atoms with Crippen molar-refractivity contribution in [2.75, 3.05) is 33.2 Å². The maximum atomic E-state index is 5.87. The van der Waals surface area contributed by atoms with Crippen LogP contribution in [0.15, 0.2) is 0 Å². The molecular formula is C11H25N3. The van der Waals surface area contributed by atoms with Gasteiger partial charge in [0.2, 0.25) is 0 Å². The largest absolute Gasteiger partial charge is 0.327 e. The van der Waals surface area contributed by atoms with Crippen molar-refractivity contribution in [1.29, 1.82) is 0 Å². The summed E-state index contributed by atoms with van der Waals surface area (Å²) < 4.78 is 0. The molecule has 1 saturated heterocycles. The first-order valence-electron chi connectivity index (χ1n) is 5.79. The molecule has 0 amide bonds. The van der Waals surface area contributed by atoms with Crippen molar-refractivity contribution in [2.24, 2.45) is 5.73 Å². The molecule has 3 nitrogen and oxygen atoms in total. The Bertz CT molecular complexity index is 153. The summed E-state index contributed by atoms with van der Waals surface area (Å²) in [4.78, 5) is 4.91. The Hall–Kier alpha value is -0.120. The predicted molar refractivity (Wildman–Crippen MR) is 61.4 cm³/mol. The van der Waals surface area contributed by atoms with E-state index in [1.54, 1.807) is 0 Å². The second-order valence-corrected chi connectivity index (χ2v) is 4.63. The van der Waals surface area contributed by atoms with Crippen molar-refractivity contribution in [3.05, 3.63) is 0 Å². The van der Waals surface area contributed by atoms with Crippen LogP contribution in [0.25, 0.3) is 0 Å². The number of likely N-dealkylation sites (tertiary alicyclic amines) is 1.